The summed E-state index contributed by atoms with van der Waals surface area (Å²) in [6.45, 7) is 3.55. The minimum atomic E-state index is -0.849. The number of nitrogens with one attached hydrogen (secondary N) is 1. The van der Waals surface area contributed by atoms with Crippen molar-refractivity contribution in [3.05, 3.63) is 116 Å². The molecule has 0 unspecified atom stereocenters. The Morgan fingerprint density at radius 2 is 1.39 bits per heavy atom. The van der Waals surface area contributed by atoms with Crippen molar-refractivity contribution < 1.29 is 47.5 Å². The highest BCUT2D eigenvalue weighted by Crippen LogP contribution is 2.32. The predicted molar refractivity (Wildman–Crippen MR) is 216 cm³/mol. The summed E-state index contributed by atoms with van der Waals surface area (Å²) in [5.74, 6) is -1.30. The number of nitrogens with zero attached hydrogens (tertiary/aromatic N) is 3. The smallest absolute Gasteiger partial charge is 0.338 e. The van der Waals surface area contributed by atoms with Crippen LogP contribution in [0.3, 0.4) is 0 Å². The van der Waals surface area contributed by atoms with Gasteiger partial charge in [-0.05, 0) is 51.0 Å². The first kappa shape index (κ1) is 43.9. The molecule has 1 N–H and O–H groups in total. The lowest BCUT2D eigenvalue weighted by molar-refractivity contribution is -0.149. The largest absolute Gasteiger partial charge is 0.459 e. The van der Waals surface area contributed by atoms with Crippen molar-refractivity contribution in [1.82, 2.24) is 19.4 Å². The molecule has 6 atom stereocenters. The molecule has 1 amide bonds. The summed E-state index contributed by atoms with van der Waals surface area (Å²) in [6.07, 6.45) is 3.90. The fourth-order valence-electron chi connectivity index (χ4n) is 7.02. The van der Waals surface area contributed by atoms with Gasteiger partial charge in [0, 0.05) is 48.3 Å². The highest BCUT2D eigenvalue weighted by atomic mass is 79.9. The topological polar surface area (TPSA) is 177 Å². The highest BCUT2D eigenvalue weighted by molar-refractivity contribution is 9.09. The van der Waals surface area contributed by atoms with Crippen LogP contribution in [0.25, 0.3) is 0 Å². The SMILES string of the molecule is CC1=CN([C@H]2C[C@H](OCOCCCCCCBr)[C@@H](COC(=O)c3ccccc3)O2)CN(CO[C@H]2C[C@H](n3cc(C)c(=O)[nH]c3=O)O[C@@H]2COC(=O)c2ccccc2)C1=O. The number of carbonyl (C=O) groups excluding carboxylic acids is 3. The molecule has 59 heavy (non-hydrogen) atoms. The summed E-state index contributed by atoms with van der Waals surface area (Å²) in [7, 11) is 0. The molecule has 1 aromatic heterocycles. The van der Waals surface area contributed by atoms with Crippen LogP contribution in [0, 0.1) is 6.92 Å². The maximum Gasteiger partial charge on any atom is 0.338 e. The van der Waals surface area contributed by atoms with Gasteiger partial charge >= 0.3 is 17.6 Å². The number of rotatable bonds is 20. The minimum absolute atomic E-state index is 0.0483. The lowest BCUT2D eigenvalue weighted by atomic mass is 10.1. The van der Waals surface area contributed by atoms with Crippen molar-refractivity contribution in [2.75, 3.05) is 45.3 Å². The summed E-state index contributed by atoms with van der Waals surface area (Å²) in [5.41, 5.74) is 0.359. The zero-order valence-corrected chi connectivity index (χ0v) is 34.8. The molecule has 2 aromatic carbocycles. The molecule has 0 radical (unpaired) electrons. The number of H-pyrrole nitrogens is 1. The molecule has 2 saturated heterocycles. The lowest BCUT2D eigenvalue weighted by Crippen LogP contribution is -2.49. The quantitative estimate of drug-likeness (QED) is 0.0721. The van der Waals surface area contributed by atoms with Gasteiger partial charge in [-0.1, -0.05) is 65.2 Å². The summed E-state index contributed by atoms with van der Waals surface area (Å²) in [4.78, 5) is 69.7. The number of ether oxygens (including phenoxy) is 7. The average Bonchev–Trinajstić information content (AvgIpc) is 3.86. The average molecular weight is 884 g/mol. The van der Waals surface area contributed by atoms with Crippen molar-refractivity contribution in [2.24, 2.45) is 0 Å². The molecule has 6 rings (SSSR count). The monoisotopic (exact) mass is 882 g/mol. The van der Waals surface area contributed by atoms with E-state index in [0.717, 1.165) is 31.0 Å². The van der Waals surface area contributed by atoms with Gasteiger partial charge in [0.15, 0.2) is 0 Å². The van der Waals surface area contributed by atoms with E-state index in [-0.39, 0.29) is 45.7 Å². The van der Waals surface area contributed by atoms with Gasteiger partial charge in [0.2, 0.25) is 0 Å². The van der Waals surface area contributed by atoms with Crippen LogP contribution in [-0.4, -0.2) is 113 Å². The second kappa shape index (κ2) is 21.6. The number of aromatic nitrogens is 2. The maximum atomic E-state index is 13.5. The van der Waals surface area contributed by atoms with E-state index in [0.29, 0.717) is 35.3 Å². The molecule has 3 aliphatic rings. The summed E-state index contributed by atoms with van der Waals surface area (Å²) in [6, 6.07) is 17.2. The highest BCUT2D eigenvalue weighted by Gasteiger charge is 2.43. The van der Waals surface area contributed by atoms with Crippen LogP contribution in [0.1, 0.15) is 78.0 Å². The summed E-state index contributed by atoms with van der Waals surface area (Å²) >= 11 is 3.46. The van der Waals surface area contributed by atoms with Crippen LogP contribution < -0.4 is 11.2 Å². The van der Waals surface area contributed by atoms with E-state index >= 15 is 0 Å². The molecule has 3 aliphatic heterocycles. The van der Waals surface area contributed by atoms with E-state index < -0.39 is 60.1 Å². The minimum Gasteiger partial charge on any atom is -0.459 e. The number of aromatic amines is 1. The molecule has 0 spiro atoms. The van der Waals surface area contributed by atoms with Crippen LogP contribution in [0.15, 0.2) is 88.2 Å². The van der Waals surface area contributed by atoms with Crippen molar-refractivity contribution >= 4 is 33.8 Å². The Hall–Kier alpha value is -4.65. The Bertz CT molecular complexity index is 2010. The normalized spacial score (nSPS) is 23.0. The molecule has 0 saturated carbocycles. The number of benzene rings is 2. The van der Waals surface area contributed by atoms with E-state index in [1.807, 2.05) is 11.0 Å². The zero-order valence-electron chi connectivity index (χ0n) is 33.2. The summed E-state index contributed by atoms with van der Waals surface area (Å²) < 4.78 is 43.4. The number of amides is 1. The van der Waals surface area contributed by atoms with E-state index in [1.165, 1.54) is 15.7 Å². The number of alkyl halides is 1. The van der Waals surface area contributed by atoms with Crippen molar-refractivity contribution in [1.29, 1.82) is 0 Å². The van der Waals surface area contributed by atoms with Gasteiger partial charge in [-0.2, -0.15) is 0 Å². The number of unbranched alkanes of at least 4 members (excludes halogenated alkanes) is 3. The van der Waals surface area contributed by atoms with Gasteiger partial charge in [-0.25, -0.2) is 14.4 Å². The van der Waals surface area contributed by atoms with Crippen LogP contribution >= 0.6 is 15.9 Å². The summed E-state index contributed by atoms with van der Waals surface area (Å²) in [5, 5.41) is 0.980. The third-order valence-electron chi connectivity index (χ3n) is 10.3. The number of esters is 2. The molecule has 3 aromatic rings. The second-order valence-electron chi connectivity index (χ2n) is 14.6. The van der Waals surface area contributed by atoms with Gasteiger partial charge in [0.25, 0.3) is 11.5 Å². The van der Waals surface area contributed by atoms with Crippen molar-refractivity contribution in [3.63, 3.8) is 0 Å². The van der Waals surface area contributed by atoms with Gasteiger partial charge in [0.05, 0.1) is 30.0 Å². The van der Waals surface area contributed by atoms with Crippen LogP contribution in [0.2, 0.25) is 0 Å². The second-order valence-corrected chi connectivity index (χ2v) is 15.4. The van der Waals surface area contributed by atoms with Gasteiger partial charge in [-0.15, -0.1) is 0 Å². The van der Waals surface area contributed by atoms with E-state index in [9.17, 15) is 24.0 Å². The van der Waals surface area contributed by atoms with E-state index in [4.69, 9.17) is 33.2 Å². The van der Waals surface area contributed by atoms with E-state index in [2.05, 4.69) is 20.9 Å². The number of hydrogen-bond acceptors (Lipinski definition) is 13. The lowest BCUT2D eigenvalue weighted by Gasteiger charge is -2.37. The first-order valence-electron chi connectivity index (χ1n) is 19.8. The number of carbonyl (C=O) groups is 3. The van der Waals surface area contributed by atoms with Gasteiger partial charge in [-0.3, -0.25) is 24.0 Å². The third-order valence-corrected chi connectivity index (χ3v) is 10.8. The maximum absolute atomic E-state index is 13.5. The number of aryl methyl sites for hydroxylation is 1. The van der Waals surface area contributed by atoms with Gasteiger partial charge in [0.1, 0.15) is 51.4 Å². The fraction of sp³-hybridized carbons (Fsp3) is 0.500. The first-order valence-corrected chi connectivity index (χ1v) is 20.9. The Morgan fingerprint density at radius 3 is 2.03 bits per heavy atom. The first-order chi connectivity index (χ1) is 28.6. The standard InChI is InChI=1S/C42H51BrN4O12/c1-28-22-47(42(52)44-38(28)48)37-20-32(34(59-37)23-54-40(50)30-13-7-5-8-14-30)56-26-46-25-45(21-29(2)39(46)49)36-19-33(57-27-53-18-12-4-3-11-17-43)35(58-36)24-55-41(51)31-15-9-6-10-16-31/h5-10,13-16,21-22,32-37H,3-4,11-12,17-20,23-27H2,1-2H3,(H,44,48,52)/t32-,33-,34+,35+,36+,37+/m0/s1. The van der Waals surface area contributed by atoms with Crippen molar-refractivity contribution in [3.8, 4) is 0 Å². The molecule has 16 nitrogen and oxygen atoms in total. The Labute approximate surface area is 350 Å². The Balaban J connectivity index is 1.10. The van der Waals surface area contributed by atoms with Crippen LogP contribution in [0.5, 0.6) is 0 Å². The third kappa shape index (κ3) is 12.0. The van der Waals surface area contributed by atoms with E-state index in [1.54, 1.807) is 74.6 Å². The molecule has 0 bridgehead atoms. The van der Waals surface area contributed by atoms with Crippen molar-refractivity contribution in [2.45, 2.75) is 89.2 Å². The predicted octanol–water partition coefficient (Wildman–Crippen LogP) is 4.62. The Morgan fingerprint density at radius 1 is 0.797 bits per heavy atom. The molecule has 0 aliphatic carbocycles. The molecule has 4 heterocycles. The fourth-order valence-corrected chi connectivity index (χ4v) is 7.42. The zero-order chi connectivity index (χ0) is 41.7. The molecule has 17 heteroatoms. The number of hydrogen-bond donors (Lipinski definition) is 1. The molecule has 318 valence electrons. The van der Waals surface area contributed by atoms with Crippen LogP contribution in [0.4, 0.5) is 0 Å². The van der Waals surface area contributed by atoms with Gasteiger partial charge < -0.3 is 38.1 Å². The molecular formula is C42H51BrN4O12. The Kier molecular flexibility index (Phi) is 16.0. The number of halogens is 1. The van der Waals surface area contributed by atoms with Crippen LogP contribution in [-0.2, 0) is 38.0 Å². The molecular weight excluding hydrogens is 832 g/mol. The molecule has 2 fully saturated rings.